The summed E-state index contributed by atoms with van der Waals surface area (Å²) in [4.78, 5) is 16.8. The van der Waals surface area contributed by atoms with Crippen LogP contribution in [-0.4, -0.2) is 19.0 Å². The molecule has 4 rings (SSSR count). The molecule has 0 bridgehead atoms. The summed E-state index contributed by atoms with van der Waals surface area (Å²) in [7, 11) is 1.57. The highest BCUT2D eigenvalue weighted by atomic mass is 35.5. The number of aliphatic imine (C=N–C) groups is 1. The number of ether oxygens (including phenoxy) is 3. The quantitative estimate of drug-likeness (QED) is 0.349. The van der Waals surface area contributed by atoms with Crippen molar-refractivity contribution in [3.63, 3.8) is 0 Å². The lowest BCUT2D eigenvalue weighted by atomic mass is 10.1. The lowest BCUT2D eigenvalue weighted by molar-refractivity contribution is -0.129. The zero-order valence-corrected chi connectivity index (χ0v) is 18.8. The van der Waals surface area contributed by atoms with E-state index in [9.17, 15) is 4.79 Å². The molecule has 6 heteroatoms. The highest BCUT2D eigenvalue weighted by molar-refractivity contribution is 6.30. The summed E-state index contributed by atoms with van der Waals surface area (Å²) in [5.74, 6) is 0.973. The fourth-order valence-corrected chi connectivity index (χ4v) is 3.55. The van der Waals surface area contributed by atoms with Crippen LogP contribution in [0, 0.1) is 13.8 Å². The van der Waals surface area contributed by atoms with Gasteiger partial charge >= 0.3 is 5.97 Å². The number of esters is 1. The molecular formula is C26H22ClNO4. The minimum absolute atomic E-state index is 0.232. The Labute approximate surface area is 191 Å². The Balaban J connectivity index is 1.54. The number of hydrogen-bond acceptors (Lipinski definition) is 5. The van der Waals surface area contributed by atoms with E-state index in [-0.39, 0.29) is 5.70 Å². The summed E-state index contributed by atoms with van der Waals surface area (Å²) in [5.41, 5.74) is 4.91. The number of carbonyl (C=O) groups excluding carboxylic acids is 1. The Kier molecular flexibility index (Phi) is 6.28. The van der Waals surface area contributed by atoms with Crippen molar-refractivity contribution in [2.45, 2.75) is 20.5 Å². The van der Waals surface area contributed by atoms with E-state index in [0.29, 0.717) is 29.0 Å². The van der Waals surface area contributed by atoms with E-state index in [0.717, 1.165) is 27.8 Å². The molecule has 32 heavy (non-hydrogen) atoms. The zero-order chi connectivity index (χ0) is 22.7. The van der Waals surface area contributed by atoms with Crippen LogP contribution in [0.15, 0.2) is 71.4 Å². The average molecular weight is 448 g/mol. The molecule has 0 amide bonds. The predicted octanol–water partition coefficient (Wildman–Crippen LogP) is 5.89. The van der Waals surface area contributed by atoms with Gasteiger partial charge < -0.3 is 14.2 Å². The molecule has 0 atom stereocenters. The summed E-state index contributed by atoms with van der Waals surface area (Å²) in [6, 6.07) is 18.8. The molecule has 1 aliphatic heterocycles. The summed E-state index contributed by atoms with van der Waals surface area (Å²) in [5, 5.41) is 0.678. The van der Waals surface area contributed by atoms with E-state index < -0.39 is 5.97 Å². The summed E-state index contributed by atoms with van der Waals surface area (Å²) in [6.45, 7) is 4.37. The predicted molar refractivity (Wildman–Crippen MR) is 125 cm³/mol. The number of methoxy groups -OCH3 is 1. The van der Waals surface area contributed by atoms with Crippen molar-refractivity contribution in [1.29, 1.82) is 0 Å². The molecule has 0 N–H and O–H groups in total. The van der Waals surface area contributed by atoms with E-state index in [1.807, 2.05) is 56.3 Å². The smallest absolute Gasteiger partial charge is 0.363 e. The number of nitrogens with zero attached hydrogens (tertiary/aromatic N) is 1. The number of cyclic esters (lactones) is 1. The molecule has 0 saturated carbocycles. The van der Waals surface area contributed by atoms with Gasteiger partial charge in [0, 0.05) is 10.6 Å². The van der Waals surface area contributed by atoms with E-state index in [1.165, 1.54) is 0 Å². The first-order valence-corrected chi connectivity index (χ1v) is 10.5. The molecule has 0 spiro atoms. The number of hydrogen-bond donors (Lipinski definition) is 0. The summed E-state index contributed by atoms with van der Waals surface area (Å²) < 4.78 is 16.8. The van der Waals surface area contributed by atoms with Crippen molar-refractivity contribution in [1.82, 2.24) is 0 Å². The number of benzene rings is 3. The monoisotopic (exact) mass is 447 g/mol. The average Bonchev–Trinajstić information content (AvgIpc) is 3.13. The van der Waals surface area contributed by atoms with Crippen molar-refractivity contribution in [3.8, 4) is 11.5 Å². The maximum Gasteiger partial charge on any atom is 0.363 e. The molecule has 162 valence electrons. The third-order valence-corrected chi connectivity index (χ3v) is 5.14. The molecule has 0 radical (unpaired) electrons. The molecular weight excluding hydrogens is 426 g/mol. The second kappa shape index (κ2) is 9.28. The molecule has 0 fully saturated rings. The van der Waals surface area contributed by atoms with Gasteiger partial charge in [0.2, 0.25) is 5.90 Å². The molecule has 0 unspecified atom stereocenters. The van der Waals surface area contributed by atoms with Crippen molar-refractivity contribution in [2.24, 2.45) is 4.99 Å². The fourth-order valence-electron chi connectivity index (χ4n) is 3.42. The number of aryl methyl sites for hydroxylation is 2. The van der Waals surface area contributed by atoms with Gasteiger partial charge in [0.1, 0.15) is 6.61 Å². The summed E-state index contributed by atoms with van der Waals surface area (Å²) >= 11 is 5.92. The van der Waals surface area contributed by atoms with Crippen LogP contribution in [-0.2, 0) is 16.1 Å². The van der Waals surface area contributed by atoms with Gasteiger partial charge in [0.15, 0.2) is 17.2 Å². The van der Waals surface area contributed by atoms with Crippen LogP contribution in [0.2, 0.25) is 5.02 Å². The van der Waals surface area contributed by atoms with Crippen molar-refractivity contribution < 1.29 is 19.0 Å². The Morgan fingerprint density at radius 2 is 1.69 bits per heavy atom. The Morgan fingerprint density at radius 3 is 2.38 bits per heavy atom. The first-order valence-electron chi connectivity index (χ1n) is 10.1. The first kappa shape index (κ1) is 21.7. The van der Waals surface area contributed by atoms with Gasteiger partial charge in [0.05, 0.1) is 7.11 Å². The molecule has 0 saturated heterocycles. The maximum atomic E-state index is 12.4. The third-order valence-electron chi connectivity index (χ3n) is 4.89. The van der Waals surface area contributed by atoms with Crippen LogP contribution >= 0.6 is 11.6 Å². The molecule has 1 aliphatic rings. The van der Waals surface area contributed by atoms with E-state index in [2.05, 4.69) is 11.1 Å². The first-order chi connectivity index (χ1) is 15.4. The minimum Gasteiger partial charge on any atom is -0.493 e. The fraction of sp³-hybridized carbons (Fsp3) is 0.154. The second-order valence-corrected chi connectivity index (χ2v) is 7.97. The molecule has 3 aromatic carbocycles. The van der Waals surface area contributed by atoms with Crippen LogP contribution in [0.5, 0.6) is 11.5 Å². The molecule has 0 aromatic heterocycles. The Hall–Kier alpha value is -3.57. The normalized spacial score (nSPS) is 14.3. The van der Waals surface area contributed by atoms with Gasteiger partial charge in [-0.25, -0.2) is 9.79 Å². The SMILES string of the molecule is COc1cc(/C=C2\N=C(c3cc(C)cc(C)c3)OC2=O)ccc1OCc1ccc(Cl)cc1. The zero-order valence-electron chi connectivity index (χ0n) is 18.0. The van der Waals surface area contributed by atoms with Gasteiger partial charge in [-0.05, 0) is 67.4 Å². The van der Waals surface area contributed by atoms with E-state index >= 15 is 0 Å². The topological polar surface area (TPSA) is 57.1 Å². The molecule has 5 nitrogen and oxygen atoms in total. The van der Waals surface area contributed by atoms with Gasteiger partial charge in [-0.2, -0.15) is 0 Å². The third kappa shape index (κ3) is 5.01. The summed E-state index contributed by atoms with van der Waals surface area (Å²) in [6.07, 6.45) is 1.67. The van der Waals surface area contributed by atoms with Gasteiger partial charge in [-0.15, -0.1) is 0 Å². The van der Waals surface area contributed by atoms with Crippen LogP contribution in [0.4, 0.5) is 0 Å². The van der Waals surface area contributed by atoms with Crippen molar-refractivity contribution in [3.05, 3.63) is 99.2 Å². The highest BCUT2D eigenvalue weighted by Gasteiger charge is 2.24. The number of rotatable bonds is 6. The molecule has 0 aliphatic carbocycles. The van der Waals surface area contributed by atoms with Crippen LogP contribution < -0.4 is 9.47 Å². The second-order valence-electron chi connectivity index (χ2n) is 7.54. The Bertz CT molecular complexity index is 1210. The van der Waals surface area contributed by atoms with Gasteiger partial charge in [-0.3, -0.25) is 0 Å². The number of carbonyl (C=O) groups is 1. The molecule has 3 aromatic rings. The standard InChI is InChI=1S/C26H22ClNO4/c1-16-10-17(2)12-20(11-16)25-28-22(26(29)32-25)13-19-6-9-23(24(14-19)30-3)31-15-18-4-7-21(27)8-5-18/h4-14H,15H2,1-3H3/b22-13-. The van der Waals surface area contributed by atoms with Crippen molar-refractivity contribution in [2.75, 3.05) is 7.11 Å². The molecule has 1 heterocycles. The minimum atomic E-state index is -0.485. The lowest BCUT2D eigenvalue weighted by Gasteiger charge is -2.11. The Morgan fingerprint density at radius 1 is 0.969 bits per heavy atom. The maximum absolute atomic E-state index is 12.4. The largest absolute Gasteiger partial charge is 0.493 e. The van der Waals surface area contributed by atoms with Gasteiger partial charge in [-0.1, -0.05) is 47.0 Å². The highest BCUT2D eigenvalue weighted by Crippen LogP contribution is 2.30. The van der Waals surface area contributed by atoms with Crippen LogP contribution in [0.25, 0.3) is 6.08 Å². The van der Waals surface area contributed by atoms with E-state index in [4.69, 9.17) is 25.8 Å². The van der Waals surface area contributed by atoms with Crippen LogP contribution in [0.1, 0.15) is 27.8 Å². The lowest BCUT2D eigenvalue weighted by Crippen LogP contribution is -2.06. The van der Waals surface area contributed by atoms with E-state index in [1.54, 1.807) is 25.3 Å². The van der Waals surface area contributed by atoms with Gasteiger partial charge in [0.25, 0.3) is 0 Å². The van der Waals surface area contributed by atoms with Crippen LogP contribution in [0.3, 0.4) is 0 Å². The number of halogens is 1. The van der Waals surface area contributed by atoms with Crippen molar-refractivity contribution >= 4 is 29.5 Å².